The van der Waals surface area contributed by atoms with Gasteiger partial charge in [0.1, 0.15) is 0 Å². The van der Waals surface area contributed by atoms with Crippen LogP contribution >= 0.6 is 0 Å². The molecule has 6 heteroatoms. The molecule has 1 fully saturated rings. The molecule has 106 valence electrons. The van der Waals surface area contributed by atoms with Gasteiger partial charge in [-0.1, -0.05) is 13.8 Å². The third-order valence-electron chi connectivity index (χ3n) is 3.49. The quantitative estimate of drug-likeness (QED) is 0.921. The lowest BCUT2D eigenvalue weighted by Crippen LogP contribution is -2.43. The zero-order chi connectivity index (χ0) is 14.1. The van der Waals surface area contributed by atoms with E-state index in [1.54, 1.807) is 23.5 Å². The molecule has 1 aliphatic heterocycles. The number of rotatable bonds is 3. The third kappa shape index (κ3) is 2.90. The van der Waals surface area contributed by atoms with Crippen molar-refractivity contribution >= 4 is 15.7 Å². The summed E-state index contributed by atoms with van der Waals surface area (Å²) in [4.78, 5) is 4.05. The van der Waals surface area contributed by atoms with E-state index in [1.165, 1.54) is 6.20 Å². The van der Waals surface area contributed by atoms with Crippen LogP contribution in [0.5, 0.6) is 0 Å². The zero-order valence-corrected chi connectivity index (χ0v) is 12.5. The molecule has 0 atom stereocenters. The largest absolute Gasteiger partial charge is 0.386 e. The van der Waals surface area contributed by atoms with E-state index in [0.29, 0.717) is 18.8 Å². The molecule has 0 radical (unpaired) electrons. The van der Waals surface area contributed by atoms with Crippen molar-refractivity contribution in [2.24, 2.45) is 5.41 Å². The highest BCUT2D eigenvalue weighted by molar-refractivity contribution is 7.89. The molecule has 19 heavy (non-hydrogen) atoms. The lowest BCUT2D eigenvalue weighted by molar-refractivity contribution is 0.186. The Balaban J connectivity index is 2.37. The highest BCUT2D eigenvalue weighted by atomic mass is 32.2. The molecular formula is C13H21N3O2S. The molecule has 0 spiro atoms. The normalized spacial score (nSPS) is 20.2. The van der Waals surface area contributed by atoms with Gasteiger partial charge in [0.05, 0.1) is 5.69 Å². The molecule has 0 bridgehead atoms. The number of pyridine rings is 1. The summed E-state index contributed by atoms with van der Waals surface area (Å²) in [6.45, 7) is 5.33. The number of hydrogen-bond donors (Lipinski definition) is 1. The number of anilines is 1. The molecule has 1 aromatic rings. The molecule has 2 heterocycles. The molecule has 0 amide bonds. The number of sulfonamides is 1. The lowest BCUT2D eigenvalue weighted by atomic mass is 9.85. The van der Waals surface area contributed by atoms with Crippen molar-refractivity contribution in [1.82, 2.24) is 9.29 Å². The molecule has 2 rings (SSSR count). The van der Waals surface area contributed by atoms with Crippen molar-refractivity contribution in [1.29, 1.82) is 0 Å². The van der Waals surface area contributed by atoms with Gasteiger partial charge in [0, 0.05) is 26.3 Å². The maximum absolute atomic E-state index is 12.7. The van der Waals surface area contributed by atoms with Crippen molar-refractivity contribution in [2.45, 2.75) is 31.7 Å². The molecule has 5 nitrogen and oxygen atoms in total. The van der Waals surface area contributed by atoms with E-state index in [0.717, 1.165) is 12.8 Å². The van der Waals surface area contributed by atoms with Gasteiger partial charge in [0.2, 0.25) is 0 Å². The van der Waals surface area contributed by atoms with Crippen LogP contribution in [-0.4, -0.2) is 37.8 Å². The molecule has 1 saturated heterocycles. The predicted molar refractivity (Wildman–Crippen MR) is 75.6 cm³/mol. The van der Waals surface area contributed by atoms with Gasteiger partial charge in [-0.05, 0) is 30.4 Å². The summed E-state index contributed by atoms with van der Waals surface area (Å²) >= 11 is 0. The van der Waals surface area contributed by atoms with Crippen LogP contribution in [0.1, 0.15) is 26.7 Å². The van der Waals surface area contributed by atoms with Crippen LogP contribution in [0.2, 0.25) is 0 Å². The number of piperidine rings is 1. The summed E-state index contributed by atoms with van der Waals surface area (Å²) in [5, 5.41) is 3.01. The molecule has 0 aliphatic carbocycles. The number of nitrogens with zero attached hydrogens (tertiary/aromatic N) is 2. The highest BCUT2D eigenvalue weighted by Gasteiger charge is 2.35. The first-order valence-electron chi connectivity index (χ1n) is 6.50. The minimum Gasteiger partial charge on any atom is -0.386 e. The van der Waals surface area contributed by atoms with E-state index < -0.39 is 10.0 Å². The highest BCUT2D eigenvalue weighted by Crippen LogP contribution is 2.32. The molecule has 1 aromatic heterocycles. The Kier molecular flexibility index (Phi) is 3.82. The van der Waals surface area contributed by atoms with Crippen molar-refractivity contribution < 1.29 is 8.42 Å². The smallest absolute Gasteiger partial charge is 0.262 e. The van der Waals surface area contributed by atoms with E-state index in [2.05, 4.69) is 24.1 Å². The van der Waals surface area contributed by atoms with Crippen LogP contribution in [-0.2, 0) is 10.0 Å². The van der Waals surface area contributed by atoms with E-state index >= 15 is 0 Å². The minimum absolute atomic E-state index is 0.0277. The Labute approximate surface area is 115 Å². The van der Waals surface area contributed by atoms with Crippen molar-refractivity contribution in [3.05, 3.63) is 18.3 Å². The summed E-state index contributed by atoms with van der Waals surface area (Å²) in [7, 11) is -1.81. The van der Waals surface area contributed by atoms with Gasteiger partial charge in [-0.25, -0.2) is 13.4 Å². The van der Waals surface area contributed by atoms with Gasteiger partial charge in [-0.2, -0.15) is 4.31 Å². The molecule has 1 aliphatic rings. The van der Waals surface area contributed by atoms with Gasteiger partial charge in [-0.15, -0.1) is 0 Å². The fourth-order valence-electron chi connectivity index (χ4n) is 2.48. The monoisotopic (exact) mass is 283 g/mol. The van der Waals surface area contributed by atoms with Crippen LogP contribution in [0, 0.1) is 5.41 Å². The first-order valence-corrected chi connectivity index (χ1v) is 7.94. The second kappa shape index (κ2) is 5.09. The predicted octanol–water partition coefficient (Wildman–Crippen LogP) is 1.93. The fourth-order valence-corrected chi connectivity index (χ4v) is 4.26. The Morgan fingerprint density at radius 3 is 2.79 bits per heavy atom. The standard InChI is InChI=1S/C13H21N3O2S/c1-13(2)7-5-9-16(10-13)19(17,18)12-11(14-3)6-4-8-15-12/h4,6,8,14H,5,7,9-10H2,1-3H3. The van der Waals surface area contributed by atoms with Crippen LogP contribution in [0.4, 0.5) is 5.69 Å². The molecule has 0 saturated carbocycles. The van der Waals surface area contributed by atoms with Crippen molar-refractivity contribution in [3.63, 3.8) is 0 Å². The Hall–Kier alpha value is -1.14. The van der Waals surface area contributed by atoms with E-state index in [-0.39, 0.29) is 10.4 Å². The van der Waals surface area contributed by atoms with E-state index in [9.17, 15) is 8.42 Å². The molecular weight excluding hydrogens is 262 g/mol. The van der Waals surface area contributed by atoms with Crippen molar-refractivity contribution in [3.8, 4) is 0 Å². The van der Waals surface area contributed by atoms with Gasteiger partial charge in [-0.3, -0.25) is 0 Å². The number of aromatic nitrogens is 1. The van der Waals surface area contributed by atoms with E-state index in [1.807, 2.05) is 0 Å². The third-order valence-corrected chi connectivity index (χ3v) is 5.30. The Morgan fingerprint density at radius 2 is 2.16 bits per heavy atom. The molecule has 0 aromatic carbocycles. The second-order valence-electron chi connectivity index (χ2n) is 5.71. The summed E-state index contributed by atoms with van der Waals surface area (Å²) in [5.41, 5.74) is 0.575. The molecule has 0 unspecified atom stereocenters. The zero-order valence-electron chi connectivity index (χ0n) is 11.7. The average molecular weight is 283 g/mol. The van der Waals surface area contributed by atoms with Crippen molar-refractivity contribution in [2.75, 3.05) is 25.5 Å². The Bertz CT molecular complexity index is 555. The van der Waals surface area contributed by atoms with Crippen LogP contribution < -0.4 is 5.32 Å². The summed E-state index contributed by atoms with van der Waals surface area (Å²) in [6, 6.07) is 3.46. The van der Waals surface area contributed by atoms with Crippen LogP contribution in [0.3, 0.4) is 0 Å². The fraction of sp³-hybridized carbons (Fsp3) is 0.615. The second-order valence-corrected chi connectivity index (χ2v) is 7.57. The lowest BCUT2D eigenvalue weighted by Gasteiger charge is -2.37. The number of hydrogen-bond acceptors (Lipinski definition) is 4. The Morgan fingerprint density at radius 1 is 1.42 bits per heavy atom. The summed E-state index contributed by atoms with van der Waals surface area (Å²) < 4.78 is 26.9. The maximum atomic E-state index is 12.7. The van der Waals surface area contributed by atoms with Crippen LogP contribution in [0.25, 0.3) is 0 Å². The van der Waals surface area contributed by atoms with Gasteiger partial charge in [0.25, 0.3) is 10.0 Å². The summed E-state index contributed by atoms with van der Waals surface area (Å²) in [6.07, 6.45) is 3.47. The number of nitrogens with one attached hydrogen (secondary N) is 1. The topological polar surface area (TPSA) is 62.3 Å². The molecule has 1 N–H and O–H groups in total. The summed E-state index contributed by atoms with van der Waals surface area (Å²) in [5.74, 6) is 0. The maximum Gasteiger partial charge on any atom is 0.262 e. The SMILES string of the molecule is CNc1cccnc1S(=O)(=O)N1CCCC(C)(C)C1. The van der Waals surface area contributed by atoms with Crippen LogP contribution in [0.15, 0.2) is 23.4 Å². The first kappa shape index (κ1) is 14.3. The van der Waals surface area contributed by atoms with E-state index in [4.69, 9.17) is 0 Å². The van der Waals surface area contributed by atoms with Gasteiger partial charge >= 0.3 is 0 Å². The van der Waals surface area contributed by atoms with Gasteiger partial charge in [0.15, 0.2) is 5.03 Å². The first-order chi connectivity index (χ1) is 8.87. The van der Waals surface area contributed by atoms with Gasteiger partial charge < -0.3 is 5.32 Å². The minimum atomic E-state index is -3.52. The average Bonchev–Trinajstić information content (AvgIpc) is 2.37.